The minimum atomic E-state index is -0.186. The first-order valence-electron chi connectivity index (χ1n) is 8.27. The molecule has 2 N–H and O–H groups in total. The first-order chi connectivity index (χ1) is 11.6. The average molecular weight is 459 g/mol. The van der Waals surface area contributed by atoms with Gasteiger partial charge in [-0.15, -0.1) is 24.0 Å². The van der Waals surface area contributed by atoms with E-state index in [1.54, 1.807) is 13.1 Å². The van der Waals surface area contributed by atoms with E-state index < -0.39 is 0 Å². The van der Waals surface area contributed by atoms with Crippen LogP contribution in [0.15, 0.2) is 35.6 Å². The van der Waals surface area contributed by atoms with Gasteiger partial charge in [0.25, 0.3) is 0 Å². The number of nitrogens with zero attached hydrogens (tertiary/aromatic N) is 3. The highest BCUT2D eigenvalue weighted by Gasteiger charge is 2.02. The van der Waals surface area contributed by atoms with Crippen molar-refractivity contribution in [2.24, 2.45) is 4.99 Å². The molecule has 0 amide bonds. The highest BCUT2D eigenvalue weighted by Crippen LogP contribution is 2.10. The van der Waals surface area contributed by atoms with Gasteiger partial charge in [0.15, 0.2) is 5.96 Å². The maximum absolute atomic E-state index is 13.1. The molecule has 0 bridgehead atoms. The molecule has 5 nitrogen and oxygen atoms in total. The molecule has 25 heavy (non-hydrogen) atoms. The number of benzene rings is 1. The summed E-state index contributed by atoms with van der Waals surface area (Å²) in [6.45, 7) is 6.43. The number of hydrogen-bond acceptors (Lipinski definition) is 2. The van der Waals surface area contributed by atoms with Crippen LogP contribution in [0.25, 0.3) is 0 Å². The molecule has 0 spiro atoms. The Balaban J connectivity index is 0.00000312. The summed E-state index contributed by atoms with van der Waals surface area (Å²) >= 11 is 0. The molecule has 0 aliphatic rings. The Bertz CT molecular complexity index is 684. The lowest BCUT2D eigenvalue weighted by Gasteiger charge is -2.12. The normalized spacial score (nSPS) is 11.1. The van der Waals surface area contributed by atoms with Crippen LogP contribution in [-0.2, 0) is 13.0 Å². The maximum Gasteiger partial charge on any atom is 0.190 e. The van der Waals surface area contributed by atoms with Crippen LogP contribution in [0.3, 0.4) is 0 Å². The van der Waals surface area contributed by atoms with Gasteiger partial charge in [0.1, 0.15) is 5.82 Å². The number of aromatic nitrogens is 2. The summed E-state index contributed by atoms with van der Waals surface area (Å²) in [6.07, 6.45) is 5.71. The van der Waals surface area contributed by atoms with Crippen molar-refractivity contribution in [1.82, 2.24) is 20.4 Å². The molecular weight excluding hydrogens is 432 g/mol. The predicted octanol–water partition coefficient (Wildman–Crippen LogP) is 3.05. The van der Waals surface area contributed by atoms with Crippen molar-refractivity contribution >= 4 is 29.9 Å². The lowest BCUT2D eigenvalue weighted by Crippen LogP contribution is -2.39. The minimum Gasteiger partial charge on any atom is -0.356 e. The smallest absolute Gasteiger partial charge is 0.190 e. The fourth-order valence-corrected chi connectivity index (χ4v) is 2.51. The van der Waals surface area contributed by atoms with Gasteiger partial charge >= 0.3 is 0 Å². The van der Waals surface area contributed by atoms with E-state index in [0.717, 1.165) is 49.6 Å². The van der Waals surface area contributed by atoms with Gasteiger partial charge in [0.05, 0.1) is 6.20 Å². The second-order valence-corrected chi connectivity index (χ2v) is 5.88. The van der Waals surface area contributed by atoms with Crippen molar-refractivity contribution in [3.8, 4) is 0 Å². The number of guanidine groups is 1. The number of aliphatic imine (C=N–C) groups is 1. The molecule has 0 saturated heterocycles. The van der Waals surface area contributed by atoms with E-state index in [1.807, 2.05) is 37.0 Å². The number of hydrogen-bond donors (Lipinski definition) is 2. The largest absolute Gasteiger partial charge is 0.356 e. The highest BCUT2D eigenvalue weighted by atomic mass is 127. The highest BCUT2D eigenvalue weighted by molar-refractivity contribution is 14.0. The molecule has 1 aromatic heterocycles. The molecule has 0 fully saturated rings. The maximum atomic E-state index is 13.1. The Morgan fingerprint density at radius 1 is 1.24 bits per heavy atom. The summed E-state index contributed by atoms with van der Waals surface area (Å²) in [5, 5.41) is 10.8. The molecule has 2 rings (SSSR count). The van der Waals surface area contributed by atoms with Gasteiger partial charge in [-0.25, -0.2) is 4.39 Å². The van der Waals surface area contributed by atoms with Gasteiger partial charge < -0.3 is 10.6 Å². The fraction of sp³-hybridized carbons (Fsp3) is 0.444. The van der Waals surface area contributed by atoms with Crippen molar-refractivity contribution < 1.29 is 4.39 Å². The molecule has 0 aliphatic heterocycles. The summed E-state index contributed by atoms with van der Waals surface area (Å²) < 4.78 is 15.0. The van der Waals surface area contributed by atoms with Crippen molar-refractivity contribution in [1.29, 1.82) is 0 Å². The van der Waals surface area contributed by atoms with Crippen LogP contribution in [-0.4, -0.2) is 35.9 Å². The third kappa shape index (κ3) is 7.41. The van der Waals surface area contributed by atoms with E-state index in [2.05, 4.69) is 20.7 Å². The summed E-state index contributed by atoms with van der Waals surface area (Å²) in [5.74, 6) is 0.598. The molecule has 1 aromatic carbocycles. The predicted molar refractivity (Wildman–Crippen MR) is 111 cm³/mol. The SMILES string of the molecule is CN=C(NCCCn1cc(C)cn1)NCCc1ccc(F)cc1C.I. The third-order valence-electron chi connectivity index (χ3n) is 3.83. The van der Waals surface area contributed by atoms with Gasteiger partial charge in [-0.3, -0.25) is 9.67 Å². The van der Waals surface area contributed by atoms with Gasteiger partial charge in [-0.1, -0.05) is 6.07 Å². The second kappa shape index (κ2) is 11.1. The van der Waals surface area contributed by atoms with Crippen LogP contribution in [0.5, 0.6) is 0 Å². The van der Waals surface area contributed by atoms with Crippen molar-refractivity contribution in [2.75, 3.05) is 20.1 Å². The van der Waals surface area contributed by atoms with Gasteiger partial charge in [-0.2, -0.15) is 5.10 Å². The molecule has 0 aliphatic carbocycles. The van der Waals surface area contributed by atoms with Crippen molar-refractivity contribution in [2.45, 2.75) is 33.2 Å². The Hall–Kier alpha value is -1.64. The van der Waals surface area contributed by atoms with Gasteiger partial charge in [0, 0.05) is 32.9 Å². The molecule has 0 atom stereocenters. The third-order valence-corrected chi connectivity index (χ3v) is 3.83. The Kier molecular flexibility index (Phi) is 9.48. The lowest BCUT2D eigenvalue weighted by molar-refractivity contribution is 0.570. The first-order valence-corrected chi connectivity index (χ1v) is 8.27. The van der Waals surface area contributed by atoms with E-state index in [0.29, 0.717) is 0 Å². The second-order valence-electron chi connectivity index (χ2n) is 5.88. The Labute approximate surface area is 166 Å². The summed E-state index contributed by atoms with van der Waals surface area (Å²) in [7, 11) is 1.76. The minimum absolute atomic E-state index is 0. The molecule has 0 unspecified atom stereocenters. The molecule has 1 heterocycles. The Morgan fingerprint density at radius 2 is 2.00 bits per heavy atom. The average Bonchev–Trinajstić information content (AvgIpc) is 2.97. The molecule has 2 aromatic rings. The summed E-state index contributed by atoms with van der Waals surface area (Å²) in [6, 6.07) is 4.92. The quantitative estimate of drug-likeness (QED) is 0.290. The van der Waals surface area contributed by atoms with Crippen molar-refractivity contribution in [3.05, 3.63) is 53.1 Å². The Morgan fingerprint density at radius 3 is 2.64 bits per heavy atom. The van der Waals surface area contributed by atoms with Crippen molar-refractivity contribution in [3.63, 3.8) is 0 Å². The van der Waals surface area contributed by atoms with Crippen LogP contribution >= 0.6 is 24.0 Å². The van der Waals surface area contributed by atoms with Gasteiger partial charge in [0.2, 0.25) is 0 Å². The van der Waals surface area contributed by atoms with Gasteiger partial charge in [-0.05, 0) is 55.5 Å². The first kappa shape index (κ1) is 21.4. The fourth-order valence-electron chi connectivity index (χ4n) is 2.51. The summed E-state index contributed by atoms with van der Waals surface area (Å²) in [5.41, 5.74) is 3.30. The van der Waals surface area contributed by atoms with Crippen LogP contribution < -0.4 is 10.6 Å². The van der Waals surface area contributed by atoms with Crippen LogP contribution in [0.2, 0.25) is 0 Å². The number of halogens is 2. The number of rotatable bonds is 7. The van der Waals surface area contributed by atoms with E-state index in [9.17, 15) is 4.39 Å². The standard InChI is InChI=1S/C18H26FN5.HI/c1-14-12-23-24(13-14)10-4-8-21-18(20-3)22-9-7-16-5-6-17(19)11-15(16)2;/h5-6,11-13H,4,7-10H2,1-3H3,(H2,20,21,22);1H. The number of nitrogens with one attached hydrogen (secondary N) is 2. The van der Waals surface area contributed by atoms with E-state index >= 15 is 0 Å². The van der Waals surface area contributed by atoms with Crippen LogP contribution in [0, 0.1) is 19.7 Å². The molecule has 0 radical (unpaired) electrons. The zero-order valence-corrected chi connectivity index (χ0v) is 17.4. The van der Waals surface area contributed by atoms with Crippen LogP contribution in [0.4, 0.5) is 4.39 Å². The van der Waals surface area contributed by atoms with E-state index in [1.165, 1.54) is 11.6 Å². The monoisotopic (exact) mass is 459 g/mol. The number of aryl methyl sites for hydroxylation is 3. The molecule has 0 saturated carbocycles. The molecule has 138 valence electrons. The lowest BCUT2D eigenvalue weighted by atomic mass is 10.1. The zero-order valence-electron chi connectivity index (χ0n) is 15.1. The van der Waals surface area contributed by atoms with Crippen LogP contribution in [0.1, 0.15) is 23.1 Å². The molecule has 7 heteroatoms. The summed E-state index contributed by atoms with van der Waals surface area (Å²) in [4.78, 5) is 4.22. The van der Waals surface area contributed by atoms with E-state index in [4.69, 9.17) is 0 Å². The van der Waals surface area contributed by atoms with E-state index in [-0.39, 0.29) is 29.8 Å². The zero-order chi connectivity index (χ0) is 17.4. The molecular formula is C18H27FIN5. The topological polar surface area (TPSA) is 54.2 Å².